The van der Waals surface area contributed by atoms with E-state index >= 15 is 0 Å². The fourth-order valence-electron chi connectivity index (χ4n) is 15.4. The van der Waals surface area contributed by atoms with Crippen LogP contribution < -0.4 is 0 Å². The number of carbonyl (C=O) groups is 4. The number of phosphoric acid groups is 1. The van der Waals surface area contributed by atoms with Crippen molar-refractivity contribution in [2.75, 3.05) is 26.4 Å². The number of allylic oxidation sites excluding steroid dienone is 4. The summed E-state index contributed by atoms with van der Waals surface area (Å²) < 4.78 is 73.4. The lowest BCUT2D eigenvalue weighted by molar-refractivity contribution is -0.360. The maximum Gasteiger partial charge on any atom is 0.472 e. The van der Waals surface area contributed by atoms with Gasteiger partial charge in [0.05, 0.1) is 13.2 Å². The maximum absolute atomic E-state index is 14.9. The van der Waals surface area contributed by atoms with Crippen LogP contribution in [0.15, 0.2) is 24.3 Å². The highest BCUT2D eigenvalue weighted by atomic mass is 31.2. The molecule has 0 aromatic carbocycles. The van der Waals surface area contributed by atoms with E-state index in [-0.39, 0.29) is 25.7 Å². The monoisotopic (exact) mass is 1690 g/mol. The average molecular weight is 1690 g/mol. The number of hydrogen-bond acceptors (Lipinski definition) is 24. The SMILES string of the molecule is CCCCCC/C=C\CCCCCCCCCC(=O)OC(COC(=O)CCCCCCCCCCCCCCCCC)COP(=O)(O)OC1C(OC2OC(CO)C(O)C(O)C2O)C(O)C(O)C(OC(=O)CCCCCCCCC/C=C\CCCCCC)C1OC1OC(COC(=O)CCCCCCCCCCCCCCC)C(O)C(O)C1O. The number of aliphatic hydroxyl groups excluding tert-OH is 9. The molecule has 1 saturated carbocycles. The largest absolute Gasteiger partial charge is 0.472 e. The average Bonchev–Trinajstić information content (AvgIpc) is 0.754. The molecule has 0 spiro atoms. The van der Waals surface area contributed by atoms with Gasteiger partial charge in [0.1, 0.15) is 92.6 Å². The van der Waals surface area contributed by atoms with Crippen LogP contribution in [0.5, 0.6) is 0 Å². The molecule has 117 heavy (non-hydrogen) atoms. The van der Waals surface area contributed by atoms with Crippen LogP contribution in [0.25, 0.3) is 0 Å². The molecule has 1 aliphatic carbocycles. The van der Waals surface area contributed by atoms with E-state index in [0.29, 0.717) is 38.5 Å². The molecule has 2 aliphatic heterocycles. The Morgan fingerprint density at radius 1 is 0.333 bits per heavy atom. The van der Waals surface area contributed by atoms with E-state index in [4.69, 9.17) is 46.9 Å². The first-order chi connectivity index (χ1) is 56.7. The van der Waals surface area contributed by atoms with Crippen molar-refractivity contribution >= 4 is 31.7 Å². The summed E-state index contributed by atoms with van der Waals surface area (Å²) in [7, 11) is -5.81. The molecule has 18 unspecified atom stereocenters. The fraction of sp³-hybridized carbons (Fsp3) is 0.912. The summed E-state index contributed by atoms with van der Waals surface area (Å²) in [6, 6.07) is 0. The Balaban J connectivity index is 1.92. The van der Waals surface area contributed by atoms with Crippen molar-refractivity contribution in [1.82, 2.24) is 0 Å². The number of phosphoric ester groups is 1. The van der Waals surface area contributed by atoms with Gasteiger partial charge in [0.15, 0.2) is 24.8 Å². The number of hydrogen-bond donors (Lipinski definition) is 10. The van der Waals surface area contributed by atoms with Gasteiger partial charge in [-0.15, -0.1) is 0 Å². The van der Waals surface area contributed by atoms with Gasteiger partial charge in [-0.25, -0.2) is 4.57 Å². The van der Waals surface area contributed by atoms with Crippen LogP contribution in [-0.4, -0.2) is 205 Å². The Labute approximate surface area is 704 Å². The van der Waals surface area contributed by atoms with Gasteiger partial charge >= 0.3 is 31.7 Å². The van der Waals surface area contributed by atoms with Crippen molar-refractivity contribution < 1.29 is 122 Å². The van der Waals surface area contributed by atoms with E-state index in [1.807, 2.05) is 0 Å². The summed E-state index contributed by atoms with van der Waals surface area (Å²) in [5.74, 6) is -2.97. The van der Waals surface area contributed by atoms with E-state index in [1.165, 1.54) is 154 Å². The summed E-state index contributed by atoms with van der Waals surface area (Å²) in [5.41, 5.74) is 0. The van der Waals surface area contributed by atoms with Gasteiger partial charge in [0, 0.05) is 25.7 Å². The lowest BCUT2D eigenvalue weighted by Gasteiger charge is -2.50. The molecule has 2 saturated heterocycles. The lowest BCUT2D eigenvalue weighted by Crippen LogP contribution is -2.70. The minimum absolute atomic E-state index is 0.0166. The maximum atomic E-state index is 14.9. The van der Waals surface area contributed by atoms with Crippen LogP contribution in [-0.2, 0) is 70.7 Å². The zero-order valence-electron chi connectivity index (χ0n) is 73.0. The van der Waals surface area contributed by atoms with Crippen molar-refractivity contribution in [1.29, 1.82) is 0 Å². The number of ether oxygens (including phenoxy) is 8. The Kier molecular flexibility index (Phi) is 64.9. The molecule has 3 fully saturated rings. The summed E-state index contributed by atoms with van der Waals surface area (Å²) in [6.45, 7) is 5.58. The molecule has 3 aliphatic rings. The van der Waals surface area contributed by atoms with Crippen LogP contribution in [0, 0.1) is 0 Å². The minimum atomic E-state index is -5.81. The first kappa shape index (κ1) is 108. The Bertz CT molecular complexity index is 2530. The second kappa shape index (κ2) is 70.3. The van der Waals surface area contributed by atoms with Crippen LogP contribution in [0.1, 0.15) is 400 Å². The molecule has 0 aromatic heterocycles. The molecule has 0 bridgehead atoms. The van der Waals surface area contributed by atoms with Crippen LogP contribution in [0.4, 0.5) is 0 Å². The molecule has 18 atom stereocenters. The van der Waals surface area contributed by atoms with Gasteiger partial charge in [0.25, 0.3) is 0 Å². The van der Waals surface area contributed by atoms with Crippen molar-refractivity contribution in [2.24, 2.45) is 0 Å². The fourth-order valence-corrected chi connectivity index (χ4v) is 16.4. The lowest BCUT2D eigenvalue weighted by atomic mass is 9.84. The summed E-state index contributed by atoms with van der Waals surface area (Å²) in [5, 5.41) is 102. The van der Waals surface area contributed by atoms with E-state index < -0.39 is 162 Å². The topological polar surface area (TPSA) is 380 Å². The van der Waals surface area contributed by atoms with Gasteiger partial charge in [-0.05, 0) is 77.0 Å². The first-order valence-electron chi connectivity index (χ1n) is 47.1. The molecule has 0 radical (unpaired) electrons. The van der Waals surface area contributed by atoms with Gasteiger partial charge in [0.2, 0.25) is 0 Å². The Morgan fingerprint density at radius 2 is 0.641 bits per heavy atom. The van der Waals surface area contributed by atoms with E-state index in [0.717, 1.165) is 154 Å². The minimum Gasteiger partial charge on any atom is -0.463 e. The smallest absolute Gasteiger partial charge is 0.463 e. The standard InChI is InChI=1S/C91H167O25P/c1-5-9-13-17-21-25-29-33-36-40-44-47-51-55-59-63-74(93)107-68-71(110-76(95)65-61-57-53-49-45-41-37-34-30-26-22-18-14-10-6-2)69-109-117(105,106)116-89-87(114-90-84(103)80(99)78(97)72(67-92)111-90)83(102)82(101)86(113-77(96)66-62-58-54-50-46-42-38-35-31-27-23-19-15-11-7-3)88(89)115-91-85(104)81(100)79(98)73(112-91)70-108-75(94)64-60-56-52-48-43-39-32-28-24-20-16-12-8-4/h26-27,30-31,71-73,78-92,97-104H,5-25,28-29,32-70H2,1-4H3,(H,105,106)/b30-26-,31-27-. The van der Waals surface area contributed by atoms with Gasteiger partial charge in [-0.1, -0.05) is 322 Å². The van der Waals surface area contributed by atoms with Gasteiger partial charge < -0.3 is 88.7 Å². The zero-order chi connectivity index (χ0) is 85.4. The molecule has 686 valence electrons. The van der Waals surface area contributed by atoms with Crippen LogP contribution >= 0.6 is 7.82 Å². The quantitative estimate of drug-likeness (QED) is 0.00889. The number of unbranched alkanes of at least 4 members (excludes halogenated alkanes) is 48. The third-order valence-electron chi connectivity index (χ3n) is 22.9. The molecular weight excluding hydrogens is 1520 g/mol. The third-order valence-corrected chi connectivity index (χ3v) is 23.9. The predicted molar refractivity (Wildman–Crippen MR) is 453 cm³/mol. The van der Waals surface area contributed by atoms with Gasteiger partial charge in [-0.3, -0.25) is 28.2 Å². The number of carbonyl (C=O) groups excluding carboxylic acids is 4. The molecule has 3 rings (SSSR count). The highest BCUT2D eigenvalue weighted by Crippen LogP contribution is 2.49. The first-order valence-corrected chi connectivity index (χ1v) is 48.6. The van der Waals surface area contributed by atoms with E-state index in [1.54, 1.807) is 0 Å². The Hall–Kier alpha value is -3.05. The van der Waals surface area contributed by atoms with Crippen LogP contribution in [0.2, 0.25) is 0 Å². The molecule has 25 nitrogen and oxygen atoms in total. The van der Waals surface area contributed by atoms with E-state index in [2.05, 4.69) is 52.0 Å². The summed E-state index contributed by atoms with van der Waals surface area (Å²) in [4.78, 5) is 66.4. The van der Waals surface area contributed by atoms with Gasteiger partial charge in [-0.2, -0.15) is 0 Å². The zero-order valence-corrected chi connectivity index (χ0v) is 73.9. The number of esters is 4. The highest BCUT2D eigenvalue weighted by Gasteiger charge is 2.60. The van der Waals surface area contributed by atoms with Crippen molar-refractivity contribution in [3.05, 3.63) is 24.3 Å². The highest BCUT2D eigenvalue weighted by molar-refractivity contribution is 7.47. The van der Waals surface area contributed by atoms with E-state index in [9.17, 15) is 74.6 Å². The number of aliphatic hydroxyl groups is 9. The molecule has 0 amide bonds. The molecule has 26 heteroatoms. The third kappa shape index (κ3) is 50.5. The predicted octanol–water partition coefficient (Wildman–Crippen LogP) is 17.3. The molecule has 0 aromatic rings. The number of rotatable bonds is 76. The Morgan fingerprint density at radius 3 is 1.03 bits per heavy atom. The normalized spacial score (nSPS) is 25.1. The molecule has 2 heterocycles. The second-order valence-electron chi connectivity index (χ2n) is 33.5. The van der Waals surface area contributed by atoms with Crippen molar-refractivity contribution in [3.63, 3.8) is 0 Å². The van der Waals surface area contributed by atoms with Crippen molar-refractivity contribution in [3.8, 4) is 0 Å². The van der Waals surface area contributed by atoms with Crippen molar-refractivity contribution in [2.45, 2.75) is 504 Å². The summed E-state index contributed by atoms with van der Waals surface area (Å²) >= 11 is 0. The molecule has 10 N–H and O–H groups in total. The molecular formula is C91H167O25P. The second-order valence-corrected chi connectivity index (χ2v) is 34.9. The summed E-state index contributed by atoms with van der Waals surface area (Å²) in [6.07, 6.45) is 30.2. The van der Waals surface area contributed by atoms with Crippen LogP contribution in [0.3, 0.4) is 0 Å².